The van der Waals surface area contributed by atoms with Crippen LogP contribution in [0.15, 0.2) is 33.8 Å². The van der Waals surface area contributed by atoms with E-state index in [9.17, 15) is 14.7 Å². The molecule has 0 bridgehead atoms. The van der Waals surface area contributed by atoms with Gasteiger partial charge in [0.1, 0.15) is 11.2 Å². The number of carbonyl (C=O) groups excluding carboxylic acids is 1. The van der Waals surface area contributed by atoms with Crippen molar-refractivity contribution in [2.45, 2.75) is 13.5 Å². The standard InChI is InChI=1S/C13H10N2O4.Na/c1-2-15-6-8(13(17)18)11(16)7-5-10-9(3-4-19-10)14-12(7)15;/h3-6H,2H2,1H3,(H,17,18);/q;+1/p-1. The fourth-order valence-corrected chi connectivity index (χ4v) is 2.08. The molecule has 20 heavy (non-hydrogen) atoms. The van der Waals surface area contributed by atoms with Crippen molar-refractivity contribution in [2.75, 3.05) is 0 Å². The van der Waals surface area contributed by atoms with Gasteiger partial charge in [-0.15, -0.1) is 0 Å². The minimum atomic E-state index is -1.49. The Morgan fingerprint density at radius 1 is 1.50 bits per heavy atom. The SMILES string of the molecule is CCn1cc(C(=O)[O-])c(=O)c2cc3occc3nc21.[Na+]. The first-order chi connectivity index (χ1) is 9.11. The van der Waals surface area contributed by atoms with Crippen LogP contribution in [0.1, 0.15) is 17.3 Å². The molecule has 0 N–H and O–H groups in total. The number of furan rings is 1. The van der Waals surface area contributed by atoms with E-state index < -0.39 is 11.4 Å². The largest absolute Gasteiger partial charge is 1.00 e. The number of fused-ring (bicyclic) bond motifs is 2. The summed E-state index contributed by atoms with van der Waals surface area (Å²) in [5.41, 5.74) is 0.525. The summed E-state index contributed by atoms with van der Waals surface area (Å²) in [6, 6.07) is 3.20. The van der Waals surface area contributed by atoms with Crippen molar-refractivity contribution < 1.29 is 43.9 Å². The Hall–Kier alpha value is -1.63. The number of aromatic carboxylic acids is 1. The number of hydrogen-bond donors (Lipinski definition) is 0. The molecular formula is C13H9N2NaO4. The molecule has 0 saturated carbocycles. The topological polar surface area (TPSA) is 88.2 Å². The predicted molar refractivity (Wildman–Crippen MR) is 65.8 cm³/mol. The van der Waals surface area contributed by atoms with Gasteiger partial charge in [0.25, 0.3) is 0 Å². The molecule has 0 aromatic carbocycles. The van der Waals surface area contributed by atoms with Crippen LogP contribution in [0.5, 0.6) is 0 Å². The molecule has 0 unspecified atom stereocenters. The monoisotopic (exact) mass is 280 g/mol. The number of nitrogens with zero attached hydrogens (tertiary/aromatic N) is 2. The van der Waals surface area contributed by atoms with E-state index in [1.165, 1.54) is 18.5 Å². The molecule has 0 atom stereocenters. The number of hydrogen-bond acceptors (Lipinski definition) is 5. The van der Waals surface area contributed by atoms with Crippen molar-refractivity contribution in [3.63, 3.8) is 0 Å². The fraction of sp³-hybridized carbons (Fsp3) is 0.154. The molecule has 0 aliphatic rings. The molecule has 3 aromatic rings. The molecule has 0 aliphatic carbocycles. The third kappa shape index (κ3) is 2.15. The summed E-state index contributed by atoms with van der Waals surface area (Å²) in [5, 5.41) is 11.2. The van der Waals surface area contributed by atoms with E-state index in [4.69, 9.17) is 4.42 Å². The molecule has 3 heterocycles. The molecule has 0 amide bonds. The van der Waals surface area contributed by atoms with Gasteiger partial charge >= 0.3 is 29.6 Å². The summed E-state index contributed by atoms with van der Waals surface area (Å²) in [6.45, 7) is 2.33. The maximum absolute atomic E-state index is 12.1. The van der Waals surface area contributed by atoms with Gasteiger partial charge in [-0.3, -0.25) is 4.79 Å². The van der Waals surface area contributed by atoms with Crippen molar-refractivity contribution in [3.8, 4) is 0 Å². The van der Waals surface area contributed by atoms with E-state index in [2.05, 4.69) is 4.98 Å². The molecule has 0 radical (unpaired) electrons. The predicted octanol–water partition coefficient (Wildman–Crippen LogP) is -2.47. The molecule has 7 heteroatoms. The van der Waals surface area contributed by atoms with Crippen LogP contribution in [0, 0.1) is 0 Å². The van der Waals surface area contributed by atoms with Crippen LogP contribution >= 0.6 is 0 Å². The van der Waals surface area contributed by atoms with E-state index in [-0.39, 0.29) is 40.5 Å². The van der Waals surface area contributed by atoms with E-state index in [1.54, 1.807) is 10.6 Å². The van der Waals surface area contributed by atoms with Crippen LogP contribution in [0.25, 0.3) is 22.1 Å². The molecule has 96 valence electrons. The average molecular weight is 280 g/mol. The van der Waals surface area contributed by atoms with Gasteiger partial charge in [0.15, 0.2) is 11.0 Å². The van der Waals surface area contributed by atoms with Crippen molar-refractivity contribution in [3.05, 3.63) is 40.4 Å². The summed E-state index contributed by atoms with van der Waals surface area (Å²) >= 11 is 0. The summed E-state index contributed by atoms with van der Waals surface area (Å²) in [5.74, 6) is -1.49. The van der Waals surface area contributed by atoms with Crippen LogP contribution in [0.3, 0.4) is 0 Å². The van der Waals surface area contributed by atoms with Crippen LogP contribution in [0.4, 0.5) is 0 Å². The maximum Gasteiger partial charge on any atom is 1.00 e. The first kappa shape index (κ1) is 14.8. The quantitative estimate of drug-likeness (QED) is 0.485. The summed E-state index contributed by atoms with van der Waals surface area (Å²) in [6.07, 6.45) is 2.73. The molecule has 0 spiro atoms. The second-order valence-electron chi connectivity index (χ2n) is 4.11. The molecule has 0 saturated heterocycles. The summed E-state index contributed by atoms with van der Waals surface area (Å²) in [7, 11) is 0. The van der Waals surface area contributed by atoms with Gasteiger partial charge in [-0.2, -0.15) is 0 Å². The zero-order valence-electron chi connectivity index (χ0n) is 11.0. The van der Waals surface area contributed by atoms with Crippen LogP contribution in [0.2, 0.25) is 0 Å². The molecule has 3 aromatic heterocycles. The normalized spacial score (nSPS) is 10.7. The number of rotatable bonds is 2. The van der Waals surface area contributed by atoms with Gasteiger partial charge in [0.2, 0.25) is 0 Å². The Balaban J connectivity index is 0.00000147. The number of pyridine rings is 2. The van der Waals surface area contributed by atoms with Crippen molar-refractivity contribution in [1.82, 2.24) is 9.55 Å². The number of carboxylic acid groups (broad SMARTS) is 1. The van der Waals surface area contributed by atoms with E-state index in [0.29, 0.717) is 23.3 Å². The molecule has 0 fully saturated rings. The number of carbonyl (C=O) groups is 1. The van der Waals surface area contributed by atoms with Gasteiger partial charge in [0.05, 0.1) is 23.2 Å². The van der Waals surface area contributed by atoms with Crippen LogP contribution in [-0.4, -0.2) is 15.5 Å². The van der Waals surface area contributed by atoms with E-state index in [0.717, 1.165) is 0 Å². The second-order valence-corrected chi connectivity index (χ2v) is 4.11. The minimum Gasteiger partial charge on any atom is -0.545 e. The average Bonchev–Trinajstić information content (AvgIpc) is 2.84. The number of aryl methyl sites for hydroxylation is 1. The zero-order valence-corrected chi connectivity index (χ0v) is 13.0. The zero-order chi connectivity index (χ0) is 13.6. The summed E-state index contributed by atoms with van der Waals surface area (Å²) < 4.78 is 6.79. The molecular weight excluding hydrogens is 271 g/mol. The fourth-order valence-electron chi connectivity index (χ4n) is 2.08. The van der Waals surface area contributed by atoms with E-state index >= 15 is 0 Å². The van der Waals surface area contributed by atoms with Gasteiger partial charge in [-0.05, 0) is 13.0 Å². The molecule has 0 aliphatic heterocycles. The third-order valence-corrected chi connectivity index (χ3v) is 3.02. The Kier molecular flexibility index (Phi) is 3.99. The Morgan fingerprint density at radius 2 is 2.25 bits per heavy atom. The Bertz CT molecular complexity index is 866. The minimum absolute atomic E-state index is 0. The van der Waals surface area contributed by atoms with E-state index in [1.807, 2.05) is 6.92 Å². The maximum atomic E-state index is 12.1. The van der Waals surface area contributed by atoms with Crippen molar-refractivity contribution in [2.24, 2.45) is 0 Å². The number of aromatic nitrogens is 2. The second kappa shape index (κ2) is 5.40. The van der Waals surface area contributed by atoms with Gasteiger partial charge in [-0.25, -0.2) is 4.98 Å². The first-order valence-electron chi connectivity index (χ1n) is 5.74. The third-order valence-electron chi connectivity index (χ3n) is 3.02. The van der Waals surface area contributed by atoms with Crippen molar-refractivity contribution in [1.29, 1.82) is 0 Å². The Morgan fingerprint density at radius 3 is 2.90 bits per heavy atom. The first-order valence-corrected chi connectivity index (χ1v) is 5.74. The van der Waals surface area contributed by atoms with Gasteiger partial charge in [-0.1, -0.05) is 0 Å². The van der Waals surface area contributed by atoms with Gasteiger partial charge in [0, 0.05) is 18.8 Å². The van der Waals surface area contributed by atoms with Crippen LogP contribution in [-0.2, 0) is 6.54 Å². The Labute approximate surface area is 135 Å². The smallest absolute Gasteiger partial charge is 0.545 e. The number of carboxylic acids is 1. The summed E-state index contributed by atoms with van der Waals surface area (Å²) in [4.78, 5) is 27.4. The van der Waals surface area contributed by atoms with Crippen molar-refractivity contribution >= 4 is 28.1 Å². The van der Waals surface area contributed by atoms with Crippen LogP contribution < -0.4 is 40.1 Å². The molecule has 3 rings (SSSR count). The molecule has 6 nitrogen and oxygen atoms in total. The van der Waals surface area contributed by atoms with Gasteiger partial charge < -0.3 is 18.9 Å².